The van der Waals surface area contributed by atoms with Crippen molar-refractivity contribution < 1.29 is 13.6 Å². The van der Waals surface area contributed by atoms with Gasteiger partial charge < -0.3 is 10.9 Å². The summed E-state index contributed by atoms with van der Waals surface area (Å²) in [5, 5.41) is 12.1. The van der Waals surface area contributed by atoms with E-state index in [1.165, 1.54) is 19.9 Å². The molecule has 1 heterocycles. The molecule has 0 aliphatic heterocycles. The number of nitrogens with one attached hydrogen (secondary N) is 1. The number of hydrogen-bond acceptors (Lipinski definition) is 5. The maximum absolute atomic E-state index is 12.6. The van der Waals surface area contributed by atoms with Crippen molar-refractivity contribution in [1.29, 1.82) is 0 Å². The van der Waals surface area contributed by atoms with Gasteiger partial charge in [-0.05, 0) is 38.1 Å². The lowest BCUT2D eigenvalue weighted by Gasteiger charge is -2.24. The zero-order valence-electron chi connectivity index (χ0n) is 11.6. The first-order valence-electron chi connectivity index (χ1n) is 6.14. The maximum atomic E-state index is 12.6. The summed E-state index contributed by atoms with van der Waals surface area (Å²) in [5.74, 6) is -0.232. The molecule has 1 aromatic carbocycles. The summed E-state index contributed by atoms with van der Waals surface area (Å²) in [5.41, 5.74) is 4.86. The van der Waals surface area contributed by atoms with Crippen LogP contribution in [0.5, 0.6) is 0 Å². The Morgan fingerprint density at radius 2 is 2.05 bits per heavy atom. The van der Waals surface area contributed by atoms with Crippen molar-refractivity contribution in [3.63, 3.8) is 0 Å². The van der Waals surface area contributed by atoms with Crippen molar-refractivity contribution in [1.82, 2.24) is 9.71 Å². The van der Waals surface area contributed by atoms with Crippen molar-refractivity contribution in [2.75, 3.05) is 0 Å². The summed E-state index contributed by atoms with van der Waals surface area (Å²) in [4.78, 5) is 4.21. The second kappa shape index (κ2) is 5.30. The van der Waals surface area contributed by atoms with Gasteiger partial charge in [0.05, 0.1) is 16.0 Å². The van der Waals surface area contributed by atoms with Gasteiger partial charge >= 0.3 is 0 Å². The summed E-state index contributed by atoms with van der Waals surface area (Å²) in [6.45, 7) is 3.01. The highest BCUT2D eigenvalue weighted by Crippen LogP contribution is 2.22. The standard InChI is InChI=1S/C13H16N4O3S/c1-13(2,12(14)16-18)17-21(19,20)11-7-3-6-10-9(11)5-4-8-15-10/h3-8,17-18H,1-2H3,(H2,14,16). The first-order chi connectivity index (χ1) is 9.78. The SMILES string of the molecule is CC(C)(NS(=O)(=O)c1cccc2ncccc12)/C(N)=N/O. The molecule has 0 bridgehead atoms. The predicted molar refractivity (Wildman–Crippen MR) is 79.6 cm³/mol. The number of hydrogen-bond donors (Lipinski definition) is 3. The van der Waals surface area contributed by atoms with E-state index in [1.54, 1.807) is 30.5 Å². The zero-order valence-corrected chi connectivity index (χ0v) is 12.4. The number of fused-ring (bicyclic) bond motifs is 1. The third-order valence-electron chi connectivity index (χ3n) is 3.03. The van der Waals surface area contributed by atoms with E-state index in [0.717, 1.165) is 0 Å². The van der Waals surface area contributed by atoms with E-state index in [-0.39, 0.29) is 10.7 Å². The summed E-state index contributed by atoms with van der Waals surface area (Å²) < 4.78 is 27.5. The molecule has 21 heavy (non-hydrogen) atoms. The second-order valence-corrected chi connectivity index (χ2v) is 6.69. The normalized spacial score (nSPS) is 13.5. The molecule has 0 saturated heterocycles. The molecular formula is C13H16N4O3S. The van der Waals surface area contributed by atoms with E-state index < -0.39 is 15.6 Å². The lowest BCUT2D eigenvalue weighted by molar-refractivity contribution is 0.312. The number of pyridine rings is 1. The van der Waals surface area contributed by atoms with Crippen molar-refractivity contribution in [2.45, 2.75) is 24.3 Å². The second-order valence-electron chi connectivity index (χ2n) is 5.04. The smallest absolute Gasteiger partial charge is 0.242 e. The first kappa shape index (κ1) is 15.2. The van der Waals surface area contributed by atoms with Gasteiger partial charge in [-0.1, -0.05) is 11.2 Å². The fraction of sp³-hybridized carbons (Fsp3) is 0.231. The largest absolute Gasteiger partial charge is 0.409 e. The monoisotopic (exact) mass is 308 g/mol. The van der Waals surface area contributed by atoms with Crippen LogP contribution in [0.15, 0.2) is 46.6 Å². The third-order valence-corrected chi connectivity index (χ3v) is 4.75. The molecule has 8 heteroatoms. The minimum absolute atomic E-state index is 0.0897. The number of benzene rings is 1. The molecule has 0 amide bonds. The molecule has 0 aliphatic carbocycles. The van der Waals surface area contributed by atoms with Crippen LogP contribution < -0.4 is 10.5 Å². The van der Waals surface area contributed by atoms with Crippen LogP contribution in [-0.2, 0) is 10.0 Å². The van der Waals surface area contributed by atoms with Gasteiger partial charge in [0, 0.05) is 11.6 Å². The molecule has 0 unspecified atom stereocenters. The summed E-state index contributed by atoms with van der Waals surface area (Å²) in [6.07, 6.45) is 1.59. The van der Waals surface area contributed by atoms with E-state index in [4.69, 9.17) is 10.9 Å². The van der Waals surface area contributed by atoms with Crippen LogP contribution in [0.1, 0.15) is 13.8 Å². The Bertz CT molecular complexity index is 795. The number of nitrogens with two attached hydrogens (primary N) is 1. The molecule has 112 valence electrons. The minimum Gasteiger partial charge on any atom is -0.409 e. The molecule has 2 aromatic rings. The molecule has 0 radical (unpaired) electrons. The van der Waals surface area contributed by atoms with Gasteiger partial charge in [0.25, 0.3) is 0 Å². The molecule has 0 spiro atoms. The molecule has 1 aromatic heterocycles. The highest BCUT2D eigenvalue weighted by atomic mass is 32.2. The minimum atomic E-state index is -3.86. The molecule has 0 atom stereocenters. The number of sulfonamides is 1. The topological polar surface area (TPSA) is 118 Å². The zero-order chi connectivity index (χ0) is 15.7. The van der Waals surface area contributed by atoms with Crippen LogP contribution in [0, 0.1) is 0 Å². The average Bonchev–Trinajstić information content (AvgIpc) is 2.44. The van der Waals surface area contributed by atoms with Crippen LogP contribution in [0.3, 0.4) is 0 Å². The fourth-order valence-electron chi connectivity index (χ4n) is 1.88. The quantitative estimate of drug-likeness (QED) is 0.337. The summed E-state index contributed by atoms with van der Waals surface area (Å²) in [7, 11) is -3.86. The van der Waals surface area contributed by atoms with Gasteiger partial charge in [-0.15, -0.1) is 0 Å². The predicted octanol–water partition coefficient (Wildman–Crippen LogP) is 1.04. The Morgan fingerprint density at radius 3 is 2.71 bits per heavy atom. The van der Waals surface area contributed by atoms with E-state index >= 15 is 0 Å². The highest BCUT2D eigenvalue weighted by Gasteiger charge is 2.31. The van der Waals surface area contributed by atoms with Crippen LogP contribution >= 0.6 is 0 Å². The Labute approximate surface area is 122 Å². The Kier molecular flexibility index (Phi) is 3.84. The van der Waals surface area contributed by atoms with Crippen molar-refractivity contribution in [3.05, 3.63) is 36.5 Å². The van der Waals surface area contributed by atoms with E-state index in [1.807, 2.05) is 0 Å². The maximum Gasteiger partial charge on any atom is 0.242 e. The molecule has 4 N–H and O–H groups in total. The van der Waals surface area contributed by atoms with E-state index in [2.05, 4.69) is 14.9 Å². The van der Waals surface area contributed by atoms with E-state index in [9.17, 15) is 8.42 Å². The van der Waals surface area contributed by atoms with Crippen LogP contribution in [0.2, 0.25) is 0 Å². The van der Waals surface area contributed by atoms with Crippen LogP contribution in [-0.4, -0.2) is 30.0 Å². The summed E-state index contributed by atoms with van der Waals surface area (Å²) in [6, 6.07) is 8.15. The van der Waals surface area contributed by atoms with Gasteiger partial charge in [-0.3, -0.25) is 4.98 Å². The number of amidine groups is 1. The average molecular weight is 308 g/mol. The number of rotatable bonds is 4. The van der Waals surface area contributed by atoms with Crippen molar-refractivity contribution in [2.24, 2.45) is 10.9 Å². The molecule has 0 aliphatic rings. The fourth-order valence-corrected chi connectivity index (χ4v) is 3.48. The van der Waals surface area contributed by atoms with Gasteiger partial charge in [0.2, 0.25) is 10.0 Å². The van der Waals surface area contributed by atoms with Gasteiger partial charge in [0.15, 0.2) is 5.84 Å². The van der Waals surface area contributed by atoms with Crippen LogP contribution in [0.4, 0.5) is 0 Å². The Hall–Kier alpha value is -2.19. The van der Waals surface area contributed by atoms with Gasteiger partial charge in [0.1, 0.15) is 0 Å². The van der Waals surface area contributed by atoms with E-state index in [0.29, 0.717) is 10.9 Å². The summed E-state index contributed by atoms with van der Waals surface area (Å²) >= 11 is 0. The number of aromatic nitrogens is 1. The third kappa shape index (κ3) is 2.96. The molecular weight excluding hydrogens is 292 g/mol. The molecule has 7 nitrogen and oxygen atoms in total. The van der Waals surface area contributed by atoms with Crippen molar-refractivity contribution >= 4 is 26.8 Å². The Morgan fingerprint density at radius 1 is 1.33 bits per heavy atom. The lowest BCUT2D eigenvalue weighted by atomic mass is 10.1. The molecule has 0 fully saturated rings. The molecule has 2 rings (SSSR count). The van der Waals surface area contributed by atoms with Crippen molar-refractivity contribution in [3.8, 4) is 0 Å². The van der Waals surface area contributed by atoms with Crippen LogP contribution in [0.25, 0.3) is 10.9 Å². The van der Waals surface area contributed by atoms with Gasteiger partial charge in [-0.2, -0.15) is 4.72 Å². The Balaban J connectivity index is 2.53. The van der Waals surface area contributed by atoms with Gasteiger partial charge in [-0.25, -0.2) is 8.42 Å². The first-order valence-corrected chi connectivity index (χ1v) is 7.62. The highest BCUT2D eigenvalue weighted by molar-refractivity contribution is 7.89. The lowest BCUT2D eigenvalue weighted by Crippen LogP contribution is -2.53. The number of oxime groups is 1. The molecule has 0 saturated carbocycles. The number of nitrogens with zero attached hydrogens (tertiary/aromatic N) is 2.